The number of rotatable bonds is 6. The van der Waals surface area contributed by atoms with Gasteiger partial charge < -0.3 is 10.1 Å². The van der Waals surface area contributed by atoms with Crippen LogP contribution < -0.4 is 5.32 Å². The van der Waals surface area contributed by atoms with Crippen LogP contribution in [0.3, 0.4) is 0 Å². The number of nitrogens with one attached hydrogen (secondary N) is 1. The average Bonchev–Trinajstić information content (AvgIpc) is 2.66. The summed E-state index contributed by atoms with van der Waals surface area (Å²) >= 11 is 0. The van der Waals surface area contributed by atoms with Gasteiger partial charge in [0.2, 0.25) is 0 Å². The molecular formula is C19H20F3N3O3. The number of hydrogen-bond donors (Lipinski definition) is 1. The maximum atomic E-state index is 13.3. The summed E-state index contributed by atoms with van der Waals surface area (Å²) in [6, 6.07) is 10.3. The molecule has 0 saturated carbocycles. The Labute approximate surface area is 160 Å². The number of morpholine rings is 1. The first-order chi connectivity index (χ1) is 13.3. The normalized spacial score (nSPS) is 15.4. The predicted octanol–water partition coefficient (Wildman–Crippen LogP) is 4.06. The minimum atomic E-state index is -4.69. The van der Waals surface area contributed by atoms with Gasteiger partial charge in [-0.15, -0.1) is 0 Å². The third-order valence-electron chi connectivity index (χ3n) is 4.50. The van der Waals surface area contributed by atoms with Crippen LogP contribution in [0.15, 0.2) is 42.5 Å². The van der Waals surface area contributed by atoms with E-state index in [9.17, 15) is 23.3 Å². The highest BCUT2D eigenvalue weighted by molar-refractivity contribution is 5.57. The molecule has 0 spiro atoms. The first-order valence-electron chi connectivity index (χ1n) is 8.80. The monoisotopic (exact) mass is 395 g/mol. The van der Waals surface area contributed by atoms with Gasteiger partial charge in [-0.3, -0.25) is 15.0 Å². The molecule has 1 aliphatic rings. The van der Waals surface area contributed by atoms with Crippen molar-refractivity contribution in [2.75, 3.05) is 31.6 Å². The summed E-state index contributed by atoms with van der Waals surface area (Å²) < 4.78 is 45.1. The molecule has 9 heteroatoms. The Balaban J connectivity index is 1.71. The van der Waals surface area contributed by atoms with Crippen molar-refractivity contribution in [1.29, 1.82) is 0 Å². The van der Waals surface area contributed by atoms with Gasteiger partial charge in [-0.2, -0.15) is 13.2 Å². The fraction of sp³-hybridized carbons (Fsp3) is 0.368. The van der Waals surface area contributed by atoms with Gasteiger partial charge in [-0.25, -0.2) is 0 Å². The number of halogens is 3. The van der Waals surface area contributed by atoms with Crippen LogP contribution in [0.25, 0.3) is 0 Å². The lowest BCUT2D eigenvalue weighted by Crippen LogP contribution is -2.35. The van der Waals surface area contributed by atoms with Crippen LogP contribution in [-0.2, 0) is 24.0 Å². The van der Waals surface area contributed by atoms with E-state index in [1.807, 2.05) is 24.3 Å². The van der Waals surface area contributed by atoms with Crippen molar-refractivity contribution < 1.29 is 22.8 Å². The molecule has 1 saturated heterocycles. The maximum Gasteiger partial charge on any atom is 0.418 e. The van der Waals surface area contributed by atoms with E-state index in [4.69, 9.17) is 4.74 Å². The Bertz CT molecular complexity index is 837. The molecule has 2 aromatic carbocycles. The molecule has 0 unspecified atom stereocenters. The van der Waals surface area contributed by atoms with Crippen molar-refractivity contribution in [2.24, 2.45) is 0 Å². The Morgan fingerprint density at radius 1 is 1.11 bits per heavy atom. The molecule has 2 aromatic rings. The first-order valence-corrected chi connectivity index (χ1v) is 8.80. The van der Waals surface area contributed by atoms with Crippen molar-refractivity contribution in [3.05, 3.63) is 69.3 Å². The summed E-state index contributed by atoms with van der Waals surface area (Å²) in [5.41, 5.74) is 0.0754. The molecule has 3 rings (SSSR count). The van der Waals surface area contributed by atoms with Crippen molar-refractivity contribution in [1.82, 2.24) is 4.90 Å². The highest BCUT2D eigenvalue weighted by Gasteiger charge is 2.35. The molecule has 1 heterocycles. The molecule has 28 heavy (non-hydrogen) atoms. The highest BCUT2D eigenvalue weighted by atomic mass is 19.4. The fourth-order valence-corrected chi connectivity index (χ4v) is 3.09. The van der Waals surface area contributed by atoms with Gasteiger partial charge in [0, 0.05) is 44.0 Å². The van der Waals surface area contributed by atoms with Gasteiger partial charge in [0.05, 0.1) is 23.7 Å². The quantitative estimate of drug-likeness (QED) is 0.590. The van der Waals surface area contributed by atoms with E-state index in [0.717, 1.165) is 42.9 Å². The molecule has 1 N–H and O–H groups in total. The minimum Gasteiger partial charge on any atom is -0.380 e. The second-order valence-corrected chi connectivity index (χ2v) is 6.55. The molecule has 1 fully saturated rings. The molecule has 0 radical (unpaired) electrons. The Kier molecular flexibility index (Phi) is 6.15. The second-order valence-electron chi connectivity index (χ2n) is 6.55. The number of ether oxygens (including phenoxy) is 1. The topological polar surface area (TPSA) is 67.6 Å². The van der Waals surface area contributed by atoms with Crippen LogP contribution in [0.4, 0.5) is 24.5 Å². The van der Waals surface area contributed by atoms with E-state index in [0.29, 0.717) is 19.3 Å². The summed E-state index contributed by atoms with van der Waals surface area (Å²) in [4.78, 5) is 12.2. The summed E-state index contributed by atoms with van der Waals surface area (Å²) in [7, 11) is 0. The maximum absolute atomic E-state index is 13.3. The number of nitrogens with zero attached hydrogens (tertiary/aromatic N) is 2. The molecule has 1 aliphatic heterocycles. The van der Waals surface area contributed by atoms with Crippen LogP contribution in [-0.4, -0.2) is 36.1 Å². The number of hydrogen-bond acceptors (Lipinski definition) is 5. The zero-order valence-corrected chi connectivity index (χ0v) is 15.0. The number of non-ortho nitro benzene ring substituents is 1. The fourth-order valence-electron chi connectivity index (χ4n) is 3.09. The molecule has 150 valence electrons. The lowest BCUT2D eigenvalue weighted by molar-refractivity contribution is -0.385. The molecular weight excluding hydrogens is 375 g/mol. The van der Waals surface area contributed by atoms with Gasteiger partial charge in [-0.1, -0.05) is 24.3 Å². The molecule has 0 aromatic heterocycles. The number of nitro benzene ring substituents is 1. The van der Waals surface area contributed by atoms with Gasteiger partial charge in [0.25, 0.3) is 5.69 Å². The van der Waals surface area contributed by atoms with Crippen LogP contribution in [0, 0.1) is 10.1 Å². The number of nitro groups is 1. The highest BCUT2D eigenvalue weighted by Crippen LogP contribution is 2.37. The van der Waals surface area contributed by atoms with Crippen LogP contribution in [0.5, 0.6) is 0 Å². The smallest absolute Gasteiger partial charge is 0.380 e. The van der Waals surface area contributed by atoms with Crippen molar-refractivity contribution in [2.45, 2.75) is 19.3 Å². The average molecular weight is 395 g/mol. The van der Waals surface area contributed by atoms with Crippen LogP contribution >= 0.6 is 0 Å². The molecule has 0 atom stereocenters. The standard InChI is InChI=1S/C19H20F3N3O3/c20-19(21,22)17-11-16(25(26)27)4-5-18(17)23-12-14-2-1-3-15(10-14)13-24-6-8-28-9-7-24/h1-5,10-11,23H,6-9,12-13H2. The second kappa shape index (κ2) is 8.57. The third kappa shape index (κ3) is 5.20. The lowest BCUT2D eigenvalue weighted by atomic mass is 10.1. The van der Waals surface area contributed by atoms with Gasteiger partial charge in [-0.05, 0) is 17.2 Å². The zero-order chi connectivity index (χ0) is 20.1. The number of alkyl halides is 3. The van der Waals surface area contributed by atoms with Crippen molar-refractivity contribution >= 4 is 11.4 Å². The molecule has 6 nitrogen and oxygen atoms in total. The van der Waals surface area contributed by atoms with Crippen LogP contribution in [0.1, 0.15) is 16.7 Å². The van der Waals surface area contributed by atoms with Gasteiger partial charge >= 0.3 is 6.18 Å². The Morgan fingerprint density at radius 2 is 1.82 bits per heavy atom. The molecule has 0 bridgehead atoms. The van der Waals surface area contributed by atoms with E-state index in [1.54, 1.807) is 0 Å². The third-order valence-corrected chi connectivity index (χ3v) is 4.50. The predicted molar refractivity (Wildman–Crippen MR) is 98.0 cm³/mol. The number of benzene rings is 2. The minimum absolute atomic E-state index is 0.178. The first kappa shape index (κ1) is 20.1. The van der Waals surface area contributed by atoms with Crippen molar-refractivity contribution in [3.63, 3.8) is 0 Å². The van der Waals surface area contributed by atoms with E-state index in [1.165, 1.54) is 0 Å². The summed E-state index contributed by atoms with van der Waals surface area (Å²) in [5, 5.41) is 13.5. The van der Waals surface area contributed by atoms with Gasteiger partial charge in [0.15, 0.2) is 0 Å². The Morgan fingerprint density at radius 3 is 2.50 bits per heavy atom. The van der Waals surface area contributed by atoms with E-state index in [2.05, 4.69) is 10.2 Å². The van der Waals surface area contributed by atoms with E-state index in [-0.39, 0.29) is 12.2 Å². The lowest BCUT2D eigenvalue weighted by Gasteiger charge is -2.26. The largest absolute Gasteiger partial charge is 0.418 e. The number of anilines is 1. The summed E-state index contributed by atoms with van der Waals surface area (Å²) in [6.45, 7) is 4.02. The molecule has 0 aliphatic carbocycles. The van der Waals surface area contributed by atoms with Gasteiger partial charge in [0.1, 0.15) is 0 Å². The SMILES string of the molecule is O=[N+]([O-])c1ccc(NCc2cccc(CN3CCOCC3)c2)c(C(F)(F)F)c1. The van der Waals surface area contributed by atoms with E-state index >= 15 is 0 Å². The van der Waals surface area contributed by atoms with E-state index < -0.39 is 22.4 Å². The molecule has 0 amide bonds. The Hall–Kier alpha value is -2.65. The van der Waals surface area contributed by atoms with Crippen LogP contribution in [0.2, 0.25) is 0 Å². The zero-order valence-electron chi connectivity index (χ0n) is 15.0. The summed E-state index contributed by atoms with van der Waals surface area (Å²) in [5.74, 6) is 0. The summed E-state index contributed by atoms with van der Waals surface area (Å²) in [6.07, 6.45) is -4.69. The van der Waals surface area contributed by atoms with Crippen molar-refractivity contribution in [3.8, 4) is 0 Å².